The van der Waals surface area contributed by atoms with Gasteiger partial charge in [-0.25, -0.2) is 13.1 Å². The lowest BCUT2D eigenvalue weighted by atomic mass is 10.0. The molecule has 4 rings (SSSR count). The number of ether oxygens (including phenoxy) is 1. The third-order valence-electron chi connectivity index (χ3n) is 7.08. The number of amides is 2. The van der Waals surface area contributed by atoms with Gasteiger partial charge >= 0.3 is 0 Å². The number of halogens is 1. The van der Waals surface area contributed by atoms with E-state index in [0.29, 0.717) is 29.3 Å². The molecule has 2 N–H and O–H groups in total. The Labute approximate surface area is 264 Å². The molecule has 0 saturated carbocycles. The van der Waals surface area contributed by atoms with E-state index in [1.54, 1.807) is 43.2 Å². The van der Waals surface area contributed by atoms with Crippen LogP contribution in [0.5, 0.6) is 5.75 Å². The van der Waals surface area contributed by atoms with Gasteiger partial charge < -0.3 is 15.0 Å². The average Bonchev–Trinajstić information content (AvgIpc) is 3.04. The highest BCUT2D eigenvalue weighted by Crippen LogP contribution is 2.26. The molecule has 230 valence electrons. The molecule has 0 aliphatic heterocycles. The van der Waals surface area contributed by atoms with Crippen molar-refractivity contribution < 1.29 is 22.7 Å². The maximum Gasteiger partial charge on any atom is 0.247 e. The van der Waals surface area contributed by atoms with Gasteiger partial charge in [-0.1, -0.05) is 85.3 Å². The SMILES string of the molecule is CCNS(=O)(=O)c1ccc(CCC(=O)N(Cc2ccc(OC)cc2)[C@@H](C(=O)NCc2ccc(Cl)cc2)c2ccccc2)cc1. The van der Waals surface area contributed by atoms with Crippen molar-refractivity contribution in [1.82, 2.24) is 14.9 Å². The number of carbonyl (C=O) groups excluding carboxylic acids is 2. The zero-order valence-corrected chi connectivity index (χ0v) is 26.3. The number of nitrogens with one attached hydrogen (secondary N) is 2. The minimum absolute atomic E-state index is 0.114. The summed E-state index contributed by atoms with van der Waals surface area (Å²) in [5, 5.41) is 3.61. The highest BCUT2D eigenvalue weighted by molar-refractivity contribution is 7.89. The fraction of sp³-hybridized carbons (Fsp3) is 0.235. The molecule has 0 heterocycles. The summed E-state index contributed by atoms with van der Waals surface area (Å²) in [7, 11) is -1.99. The third kappa shape index (κ3) is 8.92. The van der Waals surface area contributed by atoms with Gasteiger partial charge in [0.15, 0.2) is 0 Å². The van der Waals surface area contributed by atoms with Crippen molar-refractivity contribution in [2.75, 3.05) is 13.7 Å². The Bertz CT molecular complexity index is 1630. The van der Waals surface area contributed by atoms with E-state index < -0.39 is 16.1 Å². The zero-order valence-electron chi connectivity index (χ0n) is 24.7. The molecule has 2 amide bonds. The molecule has 10 heteroatoms. The van der Waals surface area contributed by atoms with E-state index in [1.165, 1.54) is 12.1 Å². The highest BCUT2D eigenvalue weighted by atomic mass is 35.5. The molecule has 0 aromatic heterocycles. The summed E-state index contributed by atoms with van der Waals surface area (Å²) < 4.78 is 32.4. The van der Waals surface area contributed by atoms with Crippen molar-refractivity contribution in [3.8, 4) is 5.75 Å². The van der Waals surface area contributed by atoms with Crippen molar-refractivity contribution >= 4 is 33.4 Å². The van der Waals surface area contributed by atoms with E-state index in [9.17, 15) is 18.0 Å². The number of hydrogen-bond acceptors (Lipinski definition) is 5. The summed E-state index contributed by atoms with van der Waals surface area (Å²) in [6.45, 7) is 2.47. The molecule has 0 spiro atoms. The minimum Gasteiger partial charge on any atom is -0.497 e. The van der Waals surface area contributed by atoms with Crippen molar-refractivity contribution in [1.29, 1.82) is 0 Å². The predicted molar refractivity (Wildman–Crippen MR) is 172 cm³/mol. The maximum absolute atomic E-state index is 14.0. The Morgan fingerprint density at radius 2 is 1.45 bits per heavy atom. The lowest BCUT2D eigenvalue weighted by Gasteiger charge is -2.32. The van der Waals surface area contributed by atoms with Gasteiger partial charge in [0, 0.05) is 31.1 Å². The summed E-state index contributed by atoms with van der Waals surface area (Å²) >= 11 is 6.02. The molecule has 0 bridgehead atoms. The van der Waals surface area contributed by atoms with Crippen molar-refractivity contribution in [2.24, 2.45) is 0 Å². The Balaban J connectivity index is 1.60. The molecular formula is C34H36ClN3O5S. The molecule has 8 nitrogen and oxygen atoms in total. The summed E-state index contributed by atoms with van der Waals surface area (Å²) in [4.78, 5) is 29.6. The number of aryl methyl sites for hydroxylation is 1. The summed E-state index contributed by atoms with van der Waals surface area (Å²) in [6.07, 6.45) is 0.483. The van der Waals surface area contributed by atoms with Crippen molar-refractivity contribution in [3.63, 3.8) is 0 Å². The topological polar surface area (TPSA) is 105 Å². The fourth-order valence-corrected chi connectivity index (χ4v) is 5.92. The van der Waals surface area contributed by atoms with Gasteiger partial charge in [-0.3, -0.25) is 9.59 Å². The zero-order chi connectivity index (χ0) is 31.5. The van der Waals surface area contributed by atoms with Crippen LogP contribution in [0.15, 0.2) is 108 Å². The normalized spacial score (nSPS) is 11.9. The van der Waals surface area contributed by atoms with E-state index in [-0.39, 0.29) is 36.2 Å². The standard InChI is InChI=1S/C34H36ClN3O5S/c1-3-37-44(41,42)31-20-13-25(14-21-31)15-22-32(39)38(24-27-11-18-30(43-2)19-12-27)33(28-7-5-4-6-8-28)34(40)36-23-26-9-16-29(35)17-10-26/h4-14,16-21,33,37H,3,15,22-24H2,1-2H3,(H,36,40)/t33-/m1/s1. The largest absolute Gasteiger partial charge is 0.497 e. The number of nitrogens with zero attached hydrogens (tertiary/aromatic N) is 1. The fourth-order valence-electron chi connectivity index (χ4n) is 4.75. The van der Waals surface area contributed by atoms with Gasteiger partial charge in [-0.15, -0.1) is 0 Å². The van der Waals surface area contributed by atoms with Crippen molar-refractivity contribution in [2.45, 2.75) is 43.8 Å². The van der Waals surface area contributed by atoms with Gasteiger partial charge in [0.25, 0.3) is 0 Å². The molecule has 1 atom stereocenters. The molecule has 0 unspecified atom stereocenters. The summed E-state index contributed by atoms with van der Waals surface area (Å²) in [5.74, 6) is 0.151. The Morgan fingerprint density at radius 1 is 0.841 bits per heavy atom. The van der Waals surface area contributed by atoms with Crippen LogP contribution in [0.3, 0.4) is 0 Å². The number of rotatable bonds is 14. The van der Waals surface area contributed by atoms with Crippen LogP contribution in [-0.4, -0.2) is 38.8 Å². The monoisotopic (exact) mass is 633 g/mol. The Kier molecular flexibility index (Phi) is 11.5. The second kappa shape index (κ2) is 15.5. The van der Waals surface area contributed by atoms with E-state index >= 15 is 0 Å². The van der Waals surface area contributed by atoms with Gasteiger partial charge in [0.1, 0.15) is 11.8 Å². The van der Waals surface area contributed by atoms with E-state index in [1.807, 2.05) is 66.7 Å². The second-order valence-corrected chi connectivity index (χ2v) is 12.4. The first kappa shape index (κ1) is 32.7. The number of methoxy groups -OCH3 is 1. The van der Waals surface area contributed by atoms with Gasteiger partial charge in [0.2, 0.25) is 21.8 Å². The highest BCUT2D eigenvalue weighted by Gasteiger charge is 2.31. The quantitative estimate of drug-likeness (QED) is 0.186. The van der Waals surface area contributed by atoms with E-state index in [0.717, 1.165) is 16.7 Å². The molecule has 0 aliphatic carbocycles. The van der Waals surface area contributed by atoms with Crippen LogP contribution >= 0.6 is 11.6 Å². The molecule has 0 fully saturated rings. The first-order valence-electron chi connectivity index (χ1n) is 14.3. The summed E-state index contributed by atoms with van der Waals surface area (Å²) in [6, 6.07) is 29.4. The number of hydrogen-bond donors (Lipinski definition) is 2. The van der Waals surface area contributed by atoms with Crippen LogP contribution in [0.25, 0.3) is 0 Å². The number of carbonyl (C=O) groups is 2. The van der Waals surface area contributed by atoms with Gasteiger partial charge in [-0.2, -0.15) is 0 Å². The maximum atomic E-state index is 14.0. The number of benzene rings is 4. The lowest BCUT2D eigenvalue weighted by Crippen LogP contribution is -2.43. The molecule has 0 saturated heterocycles. The minimum atomic E-state index is -3.58. The Hall–Kier alpha value is -4.18. The van der Waals surface area contributed by atoms with Crippen LogP contribution in [0.2, 0.25) is 5.02 Å². The molecule has 0 aliphatic rings. The Morgan fingerprint density at radius 3 is 2.07 bits per heavy atom. The smallest absolute Gasteiger partial charge is 0.247 e. The van der Waals surface area contributed by atoms with Crippen LogP contribution < -0.4 is 14.8 Å². The molecule has 4 aromatic carbocycles. The van der Waals surface area contributed by atoms with Crippen LogP contribution in [0.1, 0.15) is 41.6 Å². The van der Waals surface area contributed by atoms with Gasteiger partial charge in [-0.05, 0) is 65.1 Å². The molecule has 4 aromatic rings. The molecule has 44 heavy (non-hydrogen) atoms. The van der Waals surface area contributed by atoms with E-state index in [4.69, 9.17) is 16.3 Å². The van der Waals surface area contributed by atoms with Crippen LogP contribution in [0, 0.1) is 0 Å². The van der Waals surface area contributed by atoms with E-state index in [2.05, 4.69) is 10.0 Å². The lowest BCUT2D eigenvalue weighted by molar-refractivity contribution is -0.141. The third-order valence-corrected chi connectivity index (χ3v) is 8.90. The molecule has 0 radical (unpaired) electrons. The first-order chi connectivity index (χ1) is 21.2. The first-order valence-corrected chi connectivity index (χ1v) is 16.1. The van der Waals surface area contributed by atoms with Crippen molar-refractivity contribution in [3.05, 3.63) is 130 Å². The van der Waals surface area contributed by atoms with Crippen LogP contribution in [0.4, 0.5) is 0 Å². The average molecular weight is 634 g/mol. The van der Waals surface area contributed by atoms with Crippen LogP contribution in [-0.2, 0) is 39.1 Å². The molecular weight excluding hydrogens is 598 g/mol. The number of sulfonamides is 1. The van der Waals surface area contributed by atoms with Gasteiger partial charge in [0.05, 0.1) is 12.0 Å². The summed E-state index contributed by atoms with van der Waals surface area (Å²) in [5.41, 5.74) is 3.20. The predicted octanol–water partition coefficient (Wildman–Crippen LogP) is 5.67. The second-order valence-electron chi connectivity index (χ2n) is 10.2.